The van der Waals surface area contributed by atoms with Crippen molar-refractivity contribution >= 4 is 0 Å². The van der Waals surface area contributed by atoms with Gasteiger partial charge in [0.05, 0.1) is 0 Å². The number of rotatable bonds is 4. The second kappa shape index (κ2) is 5.83. The molecule has 0 radical (unpaired) electrons. The van der Waals surface area contributed by atoms with E-state index in [1.165, 1.54) is 0 Å². The Morgan fingerprint density at radius 3 is 2.67 bits per heavy atom. The molecule has 0 saturated carbocycles. The maximum absolute atomic E-state index is 4.66. The van der Waals surface area contributed by atoms with Crippen molar-refractivity contribution in [3.05, 3.63) is 60.3 Å². The van der Waals surface area contributed by atoms with Gasteiger partial charge in [0, 0.05) is 31.1 Å². The van der Waals surface area contributed by atoms with E-state index in [0.717, 1.165) is 17.1 Å². The summed E-state index contributed by atoms with van der Waals surface area (Å²) in [6.45, 7) is 4.20. The van der Waals surface area contributed by atoms with E-state index in [2.05, 4.69) is 33.9 Å². The molecule has 0 unspecified atom stereocenters. The van der Waals surface area contributed by atoms with Crippen molar-refractivity contribution in [2.24, 2.45) is 0 Å². The highest BCUT2D eigenvalue weighted by molar-refractivity contribution is 5.48. The zero-order chi connectivity index (χ0) is 14.7. The maximum atomic E-state index is 4.66. The van der Waals surface area contributed by atoms with Crippen LogP contribution in [-0.2, 0) is 6.42 Å². The highest BCUT2D eigenvalue weighted by Gasteiger charge is 2.14. The van der Waals surface area contributed by atoms with Crippen LogP contribution in [0, 0.1) is 0 Å². The molecule has 0 atom stereocenters. The molecule has 0 aliphatic rings. The third kappa shape index (κ3) is 2.97. The minimum Gasteiger partial charge on any atom is -0.264 e. The minimum absolute atomic E-state index is 0.252. The standard InChI is InChI=1S/C16H17N5/c1-12(2)21-15(10-13-6-5-8-17-11-13)19-16(20-21)14-7-3-4-9-18-14/h3-9,11-12H,10H2,1-2H3. The van der Waals surface area contributed by atoms with Crippen molar-refractivity contribution in [2.75, 3.05) is 0 Å². The Balaban J connectivity index is 1.98. The Morgan fingerprint density at radius 1 is 1.10 bits per heavy atom. The zero-order valence-corrected chi connectivity index (χ0v) is 12.1. The predicted octanol–water partition coefficient (Wildman–Crippen LogP) is 2.91. The fraction of sp³-hybridized carbons (Fsp3) is 0.250. The molecule has 0 aromatic carbocycles. The lowest BCUT2D eigenvalue weighted by molar-refractivity contribution is 0.511. The first-order chi connectivity index (χ1) is 10.2. The second-order valence-corrected chi connectivity index (χ2v) is 5.14. The number of hydrogen-bond donors (Lipinski definition) is 0. The molecular weight excluding hydrogens is 262 g/mol. The zero-order valence-electron chi connectivity index (χ0n) is 12.1. The summed E-state index contributed by atoms with van der Waals surface area (Å²) in [4.78, 5) is 13.1. The van der Waals surface area contributed by atoms with Gasteiger partial charge in [0.1, 0.15) is 11.5 Å². The Hall–Kier alpha value is -2.56. The molecule has 5 nitrogen and oxygen atoms in total. The number of hydrogen-bond acceptors (Lipinski definition) is 4. The van der Waals surface area contributed by atoms with E-state index in [1.807, 2.05) is 41.2 Å². The van der Waals surface area contributed by atoms with Gasteiger partial charge in [0.25, 0.3) is 0 Å². The summed E-state index contributed by atoms with van der Waals surface area (Å²) < 4.78 is 1.96. The van der Waals surface area contributed by atoms with Gasteiger partial charge in [0.15, 0.2) is 5.82 Å². The molecule has 21 heavy (non-hydrogen) atoms. The molecule has 3 heterocycles. The van der Waals surface area contributed by atoms with Crippen LogP contribution in [0.3, 0.4) is 0 Å². The maximum Gasteiger partial charge on any atom is 0.200 e. The number of nitrogens with zero attached hydrogens (tertiary/aromatic N) is 5. The normalized spacial score (nSPS) is 11.0. The Bertz CT molecular complexity index is 704. The van der Waals surface area contributed by atoms with Crippen LogP contribution >= 0.6 is 0 Å². The van der Waals surface area contributed by atoms with E-state index in [-0.39, 0.29) is 6.04 Å². The van der Waals surface area contributed by atoms with Crippen LogP contribution in [0.2, 0.25) is 0 Å². The van der Waals surface area contributed by atoms with Gasteiger partial charge in [-0.1, -0.05) is 12.1 Å². The second-order valence-electron chi connectivity index (χ2n) is 5.14. The summed E-state index contributed by atoms with van der Waals surface area (Å²) in [7, 11) is 0. The van der Waals surface area contributed by atoms with Gasteiger partial charge in [0.2, 0.25) is 0 Å². The first-order valence-corrected chi connectivity index (χ1v) is 7.00. The van der Waals surface area contributed by atoms with Gasteiger partial charge in [-0.25, -0.2) is 9.67 Å². The quantitative estimate of drug-likeness (QED) is 0.737. The largest absolute Gasteiger partial charge is 0.264 e. The van der Waals surface area contributed by atoms with Crippen LogP contribution in [0.25, 0.3) is 11.5 Å². The first kappa shape index (κ1) is 13.4. The Labute approximate surface area is 123 Å². The SMILES string of the molecule is CC(C)n1nc(-c2ccccn2)nc1Cc1cccnc1. The summed E-state index contributed by atoms with van der Waals surface area (Å²) in [5, 5.41) is 4.60. The van der Waals surface area contributed by atoms with E-state index in [4.69, 9.17) is 0 Å². The highest BCUT2D eigenvalue weighted by atomic mass is 15.4. The fourth-order valence-corrected chi connectivity index (χ4v) is 2.18. The summed E-state index contributed by atoms with van der Waals surface area (Å²) in [5.74, 6) is 1.60. The van der Waals surface area contributed by atoms with Crippen LogP contribution in [0.5, 0.6) is 0 Å². The van der Waals surface area contributed by atoms with Gasteiger partial charge < -0.3 is 0 Å². The first-order valence-electron chi connectivity index (χ1n) is 7.00. The lowest BCUT2D eigenvalue weighted by Crippen LogP contribution is -2.08. The van der Waals surface area contributed by atoms with Crippen molar-refractivity contribution in [1.82, 2.24) is 24.7 Å². The molecule has 106 valence electrons. The molecule has 3 aromatic heterocycles. The van der Waals surface area contributed by atoms with Crippen molar-refractivity contribution in [3.63, 3.8) is 0 Å². The predicted molar refractivity (Wildman–Crippen MR) is 80.7 cm³/mol. The molecule has 3 aromatic rings. The lowest BCUT2D eigenvalue weighted by Gasteiger charge is -2.08. The molecule has 5 heteroatoms. The lowest BCUT2D eigenvalue weighted by atomic mass is 10.2. The van der Waals surface area contributed by atoms with Crippen molar-refractivity contribution in [2.45, 2.75) is 26.3 Å². The van der Waals surface area contributed by atoms with Crippen LogP contribution in [0.4, 0.5) is 0 Å². The molecule has 0 aliphatic heterocycles. The van der Waals surface area contributed by atoms with E-state index >= 15 is 0 Å². The van der Waals surface area contributed by atoms with Crippen molar-refractivity contribution in [1.29, 1.82) is 0 Å². The molecule has 0 amide bonds. The highest BCUT2D eigenvalue weighted by Crippen LogP contribution is 2.17. The molecule has 0 saturated heterocycles. The minimum atomic E-state index is 0.252. The van der Waals surface area contributed by atoms with Gasteiger partial charge in [-0.05, 0) is 37.6 Å². The van der Waals surface area contributed by atoms with E-state index in [9.17, 15) is 0 Å². The van der Waals surface area contributed by atoms with Gasteiger partial charge in [-0.3, -0.25) is 9.97 Å². The summed E-state index contributed by atoms with van der Waals surface area (Å²) in [5.41, 5.74) is 1.92. The fourth-order valence-electron chi connectivity index (χ4n) is 2.18. The van der Waals surface area contributed by atoms with Gasteiger partial charge in [-0.2, -0.15) is 0 Å². The monoisotopic (exact) mass is 279 g/mol. The molecule has 0 bridgehead atoms. The average Bonchev–Trinajstić information content (AvgIpc) is 2.93. The van der Waals surface area contributed by atoms with E-state index < -0.39 is 0 Å². The summed E-state index contributed by atoms with van der Waals surface area (Å²) in [6, 6.07) is 9.99. The Kier molecular flexibility index (Phi) is 3.73. The molecule has 3 rings (SSSR count). The molecule has 0 N–H and O–H groups in total. The van der Waals surface area contributed by atoms with E-state index in [0.29, 0.717) is 12.2 Å². The number of aromatic nitrogens is 5. The van der Waals surface area contributed by atoms with Crippen LogP contribution < -0.4 is 0 Å². The number of pyridine rings is 2. The van der Waals surface area contributed by atoms with Gasteiger partial charge in [-0.15, -0.1) is 5.10 Å². The molecule has 0 spiro atoms. The smallest absolute Gasteiger partial charge is 0.200 e. The average molecular weight is 279 g/mol. The molecule has 0 fully saturated rings. The molecular formula is C16H17N5. The third-order valence-corrected chi connectivity index (χ3v) is 3.17. The van der Waals surface area contributed by atoms with Crippen molar-refractivity contribution < 1.29 is 0 Å². The van der Waals surface area contributed by atoms with E-state index in [1.54, 1.807) is 12.4 Å². The van der Waals surface area contributed by atoms with Crippen LogP contribution in [0.15, 0.2) is 48.9 Å². The van der Waals surface area contributed by atoms with Crippen LogP contribution in [0.1, 0.15) is 31.3 Å². The third-order valence-electron chi connectivity index (χ3n) is 3.17. The summed E-state index contributed by atoms with van der Waals surface area (Å²) in [6.07, 6.45) is 6.10. The van der Waals surface area contributed by atoms with Crippen LogP contribution in [-0.4, -0.2) is 24.7 Å². The Morgan fingerprint density at radius 2 is 2.00 bits per heavy atom. The summed E-state index contributed by atoms with van der Waals surface area (Å²) >= 11 is 0. The van der Waals surface area contributed by atoms with Gasteiger partial charge >= 0.3 is 0 Å². The topological polar surface area (TPSA) is 56.5 Å². The molecule has 0 aliphatic carbocycles. The van der Waals surface area contributed by atoms with Crippen molar-refractivity contribution in [3.8, 4) is 11.5 Å².